The average Bonchev–Trinajstić information content (AvgIpc) is 2.29. The fourth-order valence-corrected chi connectivity index (χ4v) is 2.91. The normalized spacial score (nSPS) is 25.3. The molecule has 5 heteroatoms. The molecule has 0 radical (unpaired) electrons. The first-order chi connectivity index (χ1) is 8.37. The van der Waals surface area contributed by atoms with Crippen molar-refractivity contribution in [3.8, 4) is 0 Å². The maximum Gasteiger partial charge on any atom is 0.401 e. The zero-order valence-corrected chi connectivity index (χ0v) is 11.6. The first-order valence-corrected chi connectivity index (χ1v) is 6.92. The topological polar surface area (TPSA) is 15.3 Å². The predicted molar refractivity (Wildman–Crippen MR) is 67.6 cm³/mol. The summed E-state index contributed by atoms with van der Waals surface area (Å²) in [7, 11) is 0. The molecule has 0 aliphatic carbocycles. The summed E-state index contributed by atoms with van der Waals surface area (Å²) >= 11 is 0. The van der Waals surface area contributed by atoms with Gasteiger partial charge in [-0.15, -0.1) is 0 Å². The number of halogens is 3. The van der Waals surface area contributed by atoms with Crippen LogP contribution < -0.4 is 5.32 Å². The van der Waals surface area contributed by atoms with E-state index in [9.17, 15) is 13.2 Å². The van der Waals surface area contributed by atoms with Crippen molar-refractivity contribution < 1.29 is 13.2 Å². The molecule has 1 saturated heterocycles. The summed E-state index contributed by atoms with van der Waals surface area (Å²) in [4.78, 5) is 1.66. The standard InChI is InChI=1S/C13H25F3N2/c1-4-7-11-8-18(10-13(14,15)16)12(5-2,6-3)9-17-11/h11,17H,4-10H2,1-3H3. The van der Waals surface area contributed by atoms with E-state index in [1.54, 1.807) is 4.90 Å². The van der Waals surface area contributed by atoms with Crippen molar-refractivity contribution in [2.75, 3.05) is 19.6 Å². The summed E-state index contributed by atoms with van der Waals surface area (Å²) in [5.41, 5.74) is -0.334. The van der Waals surface area contributed by atoms with Gasteiger partial charge < -0.3 is 5.32 Å². The van der Waals surface area contributed by atoms with Gasteiger partial charge in [0, 0.05) is 24.7 Å². The minimum Gasteiger partial charge on any atom is -0.311 e. The third kappa shape index (κ3) is 3.85. The van der Waals surface area contributed by atoms with Crippen molar-refractivity contribution in [3.63, 3.8) is 0 Å². The summed E-state index contributed by atoms with van der Waals surface area (Å²) in [6.45, 7) is 6.42. The Morgan fingerprint density at radius 2 is 1.83 bits per heavy atom. The van der Waals surface area contributed by atoms with Gasteiger partial charge in [0.25, 0.3) is 0 Å². The molecule has 0 aromatic carbocycles. The fraction of sp³-hybridized carbons (Fsp3) is 1.00. The number of nitrogens with zero attached hydrogens (tertiary/aromatic N) is 1. The Hall–Kier alpha value is -0.290. The highest BCUT2D eigenvalue weighted by molar-refractivity contribution is 4.98. The first kappa shape index (κ1) is 15.8. The summed E-state index contributed by atoms with van der Waals surface area (Å²) in [6.07, 6.45) is -0.652. The largest absolute Gasteiger partial charge is 0.401 e. The fourth-order valence-electron chi connectivity index (χ4n) is 2.91. The molecule has 1 rings (SSSR count). The Labute approximate surface area is 108 Å². The quantitative estimate of drug-likeness (QED) is 0.822. The average molecular weight is 266 g/mol. The molecular formula is C13H25F3N2. The number of rotatable bonds is 5. The van der Waals surface area contributed by atoms with Crippen LogP contribution in [0.4, 0.5) is 13.2 Å². The molecule has 108 valence electrons. The van der Waals surface area contributed by atoms with E-state index in [0.29, 0.717) is 13.1 Å². The number of piperazine rings is 1. The molecule has 1 atom stereocenters. The van der Waals surface area contributed by atoms with Gasteiger partial charge in [-0.1, -0.05) is 27.2 Å². The Morgan fingerprint density at radius 3 is 2.28 bits per heavy atom. The molecule has 0 saturated carbocycles. The van der Waals surface area contributed by atoms with Crippen LogP contribution in [0, 0.1) is 0 Å². The van der Waals surface area contributed by atoms with Gasteiger partial charge in [-0.2, -0.15) is 13.2 Å². The number of alkyl halides is 3. The van der Waals surface area contributed by atoms with Crippen molar-refractivity contribution in [1.29, 1.82) is 0 Å². The van der Waals surface area contributed by atoms with E-state index < -0.39 is 12.7 Å². The lowest BCUT2D eigenvalue weighted by molar-refractivity contribution is -0.165. The second-order valence-electron chi connectivity index (χ2n) is 5.29. The molecule has 1 aliphatic rings. The first-order valence-electron chi connectivity index (χ1n) is 6.92. The van der Waals surface area contributed by atoms with Gasteiger partial charge >= 0.3 is 6.18 Å². The Morgan fingerprint density at radius 1 is 1.22 bits per heavy atom. The summed E-state index contributed by atoms with van der Waals surface area (Å²) in [5, 5.41) is 3.42. The van der Waals surface area contributed by atoms with Crippen molar-refractivity contribution >= 4 is 0 Å². The number of nitrogens with one attached hydrogen (secondary N) is 1. The molecule has 1 fully saturated rings. The van der Waals surface area contributed by atoms with E-state index in [0.717, 1.165) is 25.7 Å². The van der Waals surface area contributed by atoms with Crippen molar-refractivity contribution in [1.82, 2.24) is 10.2 Å². The van der Waals surface area contributed by atoms with Crippen molar-refractivity contribution in [2.24, 2.45) is 0 Å². The van der Waals surface area contributed by atoms with Gasteiger partial charge in [-0.05, 0) is 19.3 Å². The molecule has 1 unspecified atom stereocenters. The molecule has 0 spiro atoms. The second-order valence-corrected chi connectivity index (χ2v) is 5.29. The van der Waals surface area contributed by atoms with Crippen LogP contribution in [0.2, 0.25) is 0 Å². The molecule has 1 aliphatic heterocycles. The molecular weight excluding hydrogens is 241 g/mol. The smallest absolute Gasteiger partial charge is 0.311 e. The SMILES string of the molecule is CCCC1CN(CC(F)(F)F)C(CC)(CC)CN1. The van der Waals surface area contributed by atoms with Crippen LogP contribution in [-0.4, -0.2) is 42.3 Å². The van der Waals surface area contributed by atoms with E-state index in [2.05, 4.69) is 12.2 Å². The lowest BCUT2D eigenvalue weighted by Gasteiger charge is -2.50. The van der Waals surface area contributed by atoms with E-state index in [1.165, 1.54) is 0 Å². The van der Waals surface area contributed by atoms with Crippen LogP contribution >= 0.6 is 0 Å². The summed E-state index contributed by atoms with van der Waals surface area (Å²) in [6, 6.07) is 0.198. The van der Waals surface area contributed by atoms with Gasteiger partial charge in [0.05, 0.1) is 6.54 Å². The molecule has 1 N–H and O–H groups in total. The molecule has 1 heterocycles. The van der Waals surface area contributed by atoms with Gasteiger partial charge in [0.1, 0.15) is 0 Å². The molecule has 0 aromatic rings. The van der Waals surface area contributed by atoms with Gasteiger partial charge in [0.2, 0.25) is 0 Å². The highest BCUT2D eigenvalue weighted by atomic mass is 19.4. The van der Waals surface area contributed by atoms with Gasteiger partial charge in [-0.25, -0.2) is 0 Å². The Balaban J connectivity index is 2.79. The van der Waals surface area contributed by atoms with E-state index in [4.69, 9.17) is 0 Å². The van der Waals surface area contributed by atoms with Crippen molar-refractivity contribution in [2.45, 2.75) is 64.2 Å². The zero-order chi connectivity index (χ0) is 13.8. The lowest BCUT2D eigenvalue weighted by atomic mass is 9.86. The minimum absolute atomic E-state index is 0.198. The van der Waals surface area contributed by atoms with Crippen molar-refractivity contribution in [3.05, 3.63) is 0 Å². The maximum absolute atomic E-state index is 12.7. The van der Waals surface area contributed by atoms with Crippen LogP contribution in [-0.2, 0) is 0 Å². The second kappa shape index (κ2) is 6.24. The molecule has 0 aromatic heterocycles. The molecule has 18 heavy (non-hydrogen) atoms. The van der Waals surface area contributed by atoms with E-state index >= 15 is 0 Å². The predicted octanol–water partition coefficient (Wildman–Crippen LogP) is 3.18. The Bertz CT molecular complexity index is 249. The van der Waals surface area contributed by atoms with Crippen LogP contribution in [0.15, 0.2) is 0 Å². The molecule has 0 bridgehead atoms. The third-order valence-electron chi connectivity index (χ3n) is 4.15. The van der Waals surface area contributed by atoms with E-state index in [-0.39, 0.29) is 11.6 Å². The third-order valence-corrected chi connectivity index (χ3v) is 4.15. The van der Waals surface area contributed by atoms with Crippen LogP contribution in [0.1, 0.15) is 46.5 Å². The van der Waals surface area contributed by atoms with Crippen LogP contribution in [0.5, 0.6) is 0 Å². The van der Waals surface area contributed by atoms with Gasteiger partial charge in [-0.3, -0.25) is 4.90 Å². The summed E-state index contributed by atoms with van der Waals surface area (Å²) < 4.78 is 38.1. The maximum atomic E-state index is 12.7. The number of hydrogen-bond acceptors (Lipinski definition) is 2. The number of hydrogen-bond donors (Lipinski definition) is 1. The summed E-state index contributed by atoms with van der Waals surface area (Å²) in [5.74, 6) is 0. The highest BCUT2D eigenvalue weighted by Crippen LogP contribution is 2.31. The lowest BCUT2D eigenvalue weighted by Crippen LogP contribution is -2.65. The van der Waals surface area contributed by atoms with Crippen LogP contribution in [0.3, 0.4) is 0 Å². The molecule has 2 nitrogen and oxygen atoms in total. The van der Waals surface area contributed by atoms with Crippen LogP contribution in [0.25, 0.3) is 0 Å². The minimum atomic E-state index is -4.11. The highest BCUT2D eigenvalue weighted by Gasteiger charge is 2.43. The van der Waals surface area contributed by atoms with E-state index in [1.807, 2.05) is 13.8 Å². The molecule has 0 amide bonds. The van der Waals surface area contributed by atoms with Gasteiger partial charge in [0.15, 0.2) is 0 Å². The Kier molecular flexibility index (Phi) is 5.46. The monoisotopic (exact) mass is 266 g/mol. The zero-order valence-electron chi connectivity index (χ0n) is 11.6.